The summed E-state index contributed by atoms with van der Waals surface area (Å²) >= 11 is 0. The summed E-state index contributed by atoms with van der Waals surface area (Å²) in [6.45, 7) is 6.85. The fraction of sp³-hybridized carbons (Fsp3) is 0.308. The second kappa shape index (κ2) is 7.57. The van der Waals surface area contributed by atoms with E-state index in [9.17, 15) is 9.18 Å². The van der Waals surface area contributed by atoms with Gasteiger partial charge in [-0.3, -0.25) is 4.79 Å². The third kappa shape index (κ3) is 5.26. The monoisotopic (exact) mass is 236 g/mol. The third-order valence-corrected chi connectivity index (χ3v) is 2.34. The van der Waals surface area contributed by atoms with Crippen LogP contribution in [0, 0.1) is 5.82 Å². The number of hydrogen-bond donors (Lipinski definition) is 1. The molecule has 1 aromatic rings. The highest BCUT2D eigenvalue weighted by Gasteiger charge is 2.11. The van der Waals surface area contributed by atoms with E-state index in [1.165, 1.54) is 18.2 Å². The molecule has 1 aromatic carbocycles. The number of benzene rings is 1. The Morgan fingerprint density at radius 1 is 1.29 bits per heavy atom. The van der Waals surface area contributed by atoms with Crippen LogP contribution in [0.3, 0.4) is 0 Å². The number of nitrogens with one attached hydrogen (secondary N) is 1. The molecule has 0 saturated carbocycles. The van der Waals surface area contributed by atoms with E-state index in [0.717, 1.165) is 26.2 Å². The van der Waals surface area contributed by atoms with E-state index in [2.05, 4.69) is 11.9 Å². The van der Waals surface area contributed by atoms with Gasteiger partial charge in [0.1, 0.15) is 5.82 Å². The highest BCUT2D eigenvalue weighted by atomic mass is 19.1. The van der Waals surface area contributed by atoms with Gasteiger partial charge < -0.3 is 10.2 Å². The first-order chi connectivity index (χ1) is 8.24. The number of amides is 1. The molecule has 3 nitrogen and oxygen atoms in total. The third-order valence-electron chi connectivity index (χ3n) is 2.34. The lowest BCUT2D eigenvalue weighted by Crippen LogP contribution is -2.45. The lowest BCUT2D eigenvalue weighted by Gasteiger charge is -2.25. The lowest BCUT2D eigenvalue weighted by molar-refractivity contribution is -0.126. The van der Waals surface area contributed by atoms with Gasteiger partial charge in [-0.15, -0.1) is 0 Å². The van der Waals surface area contributed by atoms with Crippen molar-refractivity contribution < 1.29 is 9.18 Å². The molecular weight excluding hydrogens is 219 g/mol. The van der Waals surface area contributed by atoms with Crippen LogP contribution in [0.15, 0.2) is 43.0 Å². The van der Waals surface area contributed by atoms with Crippen LogP contribution in [0.4, 0.5) is 4.39 Å². The van der Waals surface area contributed by atoms with E-state index in [1.54, 1.807) is 23.1 Å². The number of carbonyl (C=O) groups excluding carboxylic acids is 1. The summed E-state index contributed by atoms with van der Waals surface area (Å²) < 4.78 is 11.9. The van der Waals surface area contributed by atoms with Crippen molar-refractivity contribution in [1.82, 2.24) is 10.2 Å². The van der Waals surface area contributed by atoms with E-state index in [-0.39, 0.29) is 11.7 Å². The topological polar surface area (TPSA) is 32.3 Å². The summed E-state index contributed by atoms with van der Waals surface area (Å²) in [7, 11) is 0. The molecule has 0 atom stereocenters. The number of halogens is 1. The van der Waals surface area contributed by atoms with E-state index in [1.807, 2.05) is 0 Å². The van der Waals surface area contributed by atoms with Crippen LogP contribution in [0.1, 0.15) is 0 Å². The molecule has 1 amide bonds. The number of nitrogens with zero attached hydrogens (tertiary/aromatic N) is 1. The van der Waals surface area contributed by atoms with Crippen molar-refractivity contribution in [3.63, 3.8) is 0 Å². The summed E-state index contributed by atoms with van der Waals surface area (Å²) in [6.07, 6.45) is 1.37. The van der Waals surface area contributed by atoms with Crippen molar-refractivity contribution in [1.29, 1.82) is 0 Å². The quantitative estimate of drug-likeness (QED) is 0.748. The average Bonchev–Trinajstić information content (AvgIpc) is 2.40. The molecule has 2 rings (SSSR count). The summed E-state index contributed by atoms with van der Waals surface area (Å²) in [5, 5.41) is 3.17. The van der Waals surface area contributed by atoms with Gasteiger partial charge in [-0.2, -0.15) is 0 Å². The molecule has 0 bridgehead atoms. The smallest absolute Gasteiger partial charge is 0.246 e. The number of hydrogen-bond acceptors (Lipinski definition) is 2. The van der Waals surface area contributed by atoms with Gasteiger partial charge in [-0.1, -0.05) is 24.8 Å². The first kappa shape index (κ1) is 13.4. The molecule has 4 heteroatoms. The van der Waals surface area contributed by atoms with Crippen LogP contribution >= 0.6 is 0 Å². The maximum Gasteiger partial charge on any atom is 0.246 e. The largest absolute Gasteiger partial charge is 0.337 e. The molecule has 17 heavy (non-hydrogen) atoms. The van der Waals surface area contributed by atoms with E-state index >= 15 is 0 Å². The molecule has 0 spiro atoms. The highest BCUT2D eigenvalue weighted by molar-refractivity contribution is 5.87. The van der Waals surface area contributed by atoms with E-state index in [4.69, 9.17) is 0 Å². The summed E-state index contributed by atoms with van der Waals surface area (Å²) in [5.41, 5.74) is 0. The van der Waals surface area contributed by atoms with Crippen molar-refractivity contribution in [3.8, 4) is 0 Å². The average molecular weight is 236 g/mol. The van der Waals surface area contributed by atoms with E-state index in [0.29, 0.717) is 0 Å². The molecule has 1 N–H and O–H groups in total. The first-order valence-electron chi connectivity index (χ1n) is 5.56. The summed E-state index contributed by atoms with van der Waals surface area (Å²) in [4.78, 5) is 12.7. The molecule has 1 aliphatic rings. The Hall–Kier alpha value is -1.68. The number of piperazine rings is 1. The fourth-order valence-electron chi connectivity index (χ4n) is 1.43. The SMILES string of the molecule is C=CC(=O)N1CCNCC1.Fc1ccccc1. The molecule has 0 unspecified atom stereocenters. The van der Waals surface area contributed by atoms with Crippen molar-refractivity contribution in [2.75, 3.05) is 26.2 Å². The van der Waals surface area contributed by atoms with Gasteiger partial charge >= 0.3 is 0 Å². The summed E-state index contributed by atoms with van der Waals surface area (Å²) in [6, 6.07) is 7.94. The van der Waals surface area contributed by atoms with Crippen LogP contribution in [0.5, 0.6) is 0 Å². The van der Waals surface area contributed by atoms with Crippen molar-refractivity contribution in [2.24, 2.45) is 0 Å². The Morgan fingerprint density at radius 2 is 1.88 bits per heavy atom. The zero-order chi connectivity index (χ0) is 12.5. The Kier molecular flexibility index (Phi) is 5.96. The Bertz CT molecular complexity index is 348. The van der Waals surface area contributed by atoms with Gasteiger partial charge in [-0.25, -0.2) is 4.39 Å². The Balaban J connectivity index is 0.000000181. The van der Waals surface area contributed by atoms with Crippen molar-refractivity contribution >= 4 is 5.91 Å². The van der Waals surface area contributed by atoms with Gasteiger partial charge in [0.25, 0.3) is 0 Å². The zero-order valence-electron chi connectivity index (χ0n) is 9.73. The van der Waals surface area contributed by atoms with Gasteiger partial charge in [0.05, 0.1) is 0 Å². The van der Waals surface area contributed by atoms with Gasteiger partial charge in [-0.05, 0) is 18.2 Å². The minimum Gasteiger partial charge on any atom is -0.337 e. The fourth-order valence-corrected chi connectivity index (χ4v) is 1.43. The Labute approximate surface area is 101 Å². The molecule has 92 valence electrons. The summed E-state index contributed by atoms with van der Waals surface area (Å²) in [5.74, 6) is -0.135. The lowest BCUT2D eigenvalue weighted by atomic mass is 10.3. The molecule has 1 aliphatic heterocycles. The zero-order valence-corrected chi connectivity index (χ0v) is 9.73. The first-order valence-corrected chi connectivity index (χ1v) is 5.56. The molecule has 1 fully saturated rings. The molecule has 0 aromatic heterocycles. The van der Waals surface area contributed by atoms with Gasteiger partial charge in [0, 0.05) is 26.2 Å². The predicted molar refractivity (Wildman–Crippen MR) is 66.0 cm³/mol. The second-order valence-electron chi connectivity index (χ2n) is 3.57. The standard InChI is InChI=1S/C7H12N2O.C6H5F/c1-2-7(10)9-5-3-8-4-6-9;7-6-4-2-1-3-5-6/h2,8H,1,3-6H2;1-5H. The van der Waals surface area contributed by atoms with Crippen LogP contribution in [-0.4, -0.2) is 37.0 Å². The highest BCUT2D eigenvalue weighted by Crippen LogP contribution is 1.93. The van der Waals surface area contributed by atoms with Crippen LogP contribution < -0.4 is 5.32 Å². The van der Waals surface area contributed by atoms with Crippen molar-refractivity contribution in [2.45, 2.75) is 0 Å². The van der Waals surface area contributed by atoms with Crippen LogP contribution in [0.2, 0.25) is 0 Å². The Morgan fingerprint density at radius 3 is 2.29 bits per heavy atom. The minimum atomic E-state index is -0.178. The number of carbonyl (C=O) groups is 1. The minimum absolute atomic E-state index is 0.0431. The van der Waals surface area contributed by atoms with E-state index < -0.39 is 0 Å². The second-order valence-corrected chi connectivity index (χ2v) is 3.57. The maximum absolute atomic E-state index is 11.9. The predicted octanol–water partition coefficient (Wildman–Crippen LogP) is 1.43. The molecule has 0 aliphatic carbocycles. The maximum atomic E-state index is 11.9. The van der Waals surface area contributed by atoms with Gasteiger partial charge in [0.2, 0.25) is 5.91 Å². The van der Waals surface area contributed by atoms with Gasteiger partial charge in [0.15, 0.2) is 0 Å². The number of rotatable bonds is 1. The van der Waals surface area contributed by atoms with Crippen LogP contribution in [0.25, 0.3) is 0 Å². The molecule has 1 heterocycles. The van der Waals surface area contributed by atoms with Crippen LogP contribution in [-0.2, 0) is 4.79 Å². The van der Waals surface area contributed by atoms with Crippen molar-refractivity contribution in [3.05, 3.63) is 48.8 Å². The normalized spacial score (nSPS) is 14.5. The molecule has 0 radical (unpaired) electrons. The molecular formula is C13H17FN2O. The molecule has 1 saturated heterocycles.